The lowest BCUT2D eigenvalue weighted by atomic mass is 10.1. The number of halogens is 3. The molecule has 0 aliphatic heterocycles. The van der Waals surface area contributed by atoms with Crippen molar-refractivity contribution in [2.45, 2.75) is 26.9 Å². The Kier molecular flexibility index (Phi) is 5.69. The van der Waals surface area contributed by atoms with Crippen molar-refractivity contribution in [3.63, 3.8) is 0 Å². The number of hydrogen-bond donors (Lipinski definition) is 1. The number of rotatable bonds is 4. The highest BCUT2D eigenvalue weighted by Gasteiger charge is 2.31. The SMILES string of the molecule is CC(=O)N(CC(=O)Nc1ccc(C)c(C)c1)c1cccc(C(F)(F)F)c1. The van der Waals surface area contributed by atoms with Crippen LogP contribution in [0.25, 0.3) is 0 Å². The maximum Gasteiger partial charge on any atom is 0.416 e. The predicted molar refractivity (Wildman–Crippen MR) is 94.0 cm³/mol. The van der Waals surface area contributed by atoms with Gasteiger partial charge in [0.2, 0.25) is 11.8 Å². The van der Waals surface area contributed by atoms with Gasteiger partial charge in [0.05, 0.1) is 5.56 Å². The van der Waals surface area contributed by atoms with E-state index >= 15 is 0 Å². The summed E-state index contributed by atoms with van der Waals surface area (Å²) in [6.45, 7) is 4.65. The number of amides is 2. The smallest absolute Gasteiger partial charge is 0.325 e. The Bertz CT molecular complexity index is 832. The third kappa shape index (κ3) is 4.84. The molecule has 2 aromatic carbocycles. The first-order chi connectivity index (χ1) is 12.1. The number of benzene rings is 2. The van der Waals surface area contributed by atoms with Crippen LogP contribution in [-0.2, 0) is 15.8 Å². The summed E-state index contributed by atoms with van der Waals surface area (Å²) in [5, 5.41) is 2.65. The van der Waals surface area contributed by atoms with Crippen molar-refractivity contribution in [1.29, 1.82) is 0 Å². The number of carbonyl (C=O) groups is 2. The molecular weight excluding hydrogens is 345 g/mol. The maximum absolute atomic E-state index is 12.9. The minimum absolute atomic E-state index is 0.0163. The van der Waals surface area contributed by atoms with E-state index in [4.69, 9.17) is 0 Å². The summed E-state index contributed by atoms with van der Waals surface area (Å²) in [7, 11) is 0. The second kappa shape index (κ2) is 7.59. The summed E-state index contributed by atoms with van der Waals surface area (Å²) >= 11 is 0. The minimum Gasteiger partial charge on any atom is -0.325 e. The number of alkyl halides is 3. The molecule has 0 saturated carbocycles. The van der Waals surface area contributed by atoms with E-state index in [2.05, 4.69) is 5.32 Å². The summed E-state index contributed by atoms with van der Waals surface area (Å²) in [6, 6.07) is 9.69. The molecule has 2 amide bonds. The second-order valence-electron chi connectivity index (χ2n) is 6.00. The Morgan fingerprint density at radius 3 is 2.31 bits per heavy atom. The molecule has 7 heteroatoms. The van der Waals surface area contributed by atoms with E-state index in [-0.39, 0.29) is 12.2 Å². The first-order valence-corrected chi connectivity index (χ1v) is 7.90. The van der Waals surface area contributed by atoms with Gasteiger partial charge in [0.25, 0.3) is 0 Å². The average Bonchev–Trinajstić information content (AvgIpc) is 2.55. The Labute approximate surface area is 149 Å². The van der Waals surface area contributed by atoms with Crippen LogP contribution in [0.3, 0.4) is 0 Å². The lowest BCUT2D eigenvalue weighted by Gasteiger charge is -2.22. The quantitative estimate of drug-likeness (QED) is 0.879. The standard InChI is InChI=1S/C19H19F3N2O2/c1-12-7-8-16(9-13(12)2)23-18(26)11-24(14(3)25)17-6-4-5-15(10-17)19(20,21)22/h4-10H,11H2,1-3H3,(H,23,26). The van der Waals surface area contributed by atoms with Gasteiger partial charge in [-0.1, -0.05) is 12.1 Å². The third-order valence-corrected chi connectivity index (χ3v) is 3.96. The third-order valence-electron chi connectivity index (χ3n) is 3.96. The van der Waals surface area contributed by atoms with E-state index in [1.54, 1.807) is 12.1 Å². The molecule has 2 aromatic rings. The second-order valence-corrected chi connectivity index (χ2v) is 6.00. The normalized spacial score (nSPS) is 11.2. The Hall–Kier alpha value is -2.83. The molecule has 0 spiro atoms. The van der Waals surface area contributed by atoms with Gasteiger partial charge in [0, 0.05) is 18.3 Å². The number of carbonyl (C=O) groups excluding carboxylic acids is 2. The molecule has 4 nitrogen and oxygen atoms in total. The summed E-state index contributed by atoms with van der Waals surface area (Å²) in [4.78, 5) is 25.1. The van der Waals surface area contributed by atoms with Crippen molar-refractivity contribution in [3.8, 4) is 0 Å². The van der Waals surface area contributed by atoms with Crippen LogP contribution in [0.1, 0.15) is 23.6 Å². The molecule has 138 valence electrons. The molecule has 0 fully saturated rings. The highest BCUT2D eigenvalue weighted by Crippen LogP contribution is 2.31. The number of anilines is 2. The maximum atomic E-state index is 12.9. The molecule has 0 radical (unpaired) electrons. The van der Waals surface area contributed by atoms with Gasteiger partial charge in [-0.3, -0.25) is 9.59 Å². The van der Waals surface area contributed by atoms with Crippen LogP contribution in [0.2, 0.25) is 0 Å². The number of nitrogens with zero attached hydrogens (tertiary/aromatic N) is 1. The molecule has 0 atom stereocenters. The van der Waals surface area contributed by atoms with Crippen LogP contribution in [0.15, 0.2) is 42.5 Å². The Morgan fingerprint density at radius 2 is 1.73 bits per heavy atom. The lowest BCUT2D eigenvalue weighted by Crippen LogP contribution is -2.36. The van der Waals surface area contributed by atoms with E-state index in [9.17, 15) is 22.8 Å². The van der Waals surface area contributed by atoms with Crippen LogP contribution >= 0.6 is 0 Å². The summed E-state index contributed by atoms with van der Waals surface area (Å²) < 4.78 is 38.6. The van der Waals surface area contributed by atoms with Crippen molar-refractivity contribution in [2.24, 2.45) is 0 Å². The van der Waals surface area contributed by atoms with E-state index in [1.165, 1.54) is 19.1 Å². The predicted octanol–water partition coefficient (Wildman–Crippen LogP) is 4.31. The molecule has 0 aromatic heterocycles. The fraction of sp³-hybridized carbons (Fsp3) is 0.263. The summed E-state index contributed by atoms with van der Waals surface area (Å²) in [5.74, 6) is -1.03. The van der Waals surface area contributed by atoms with E-state index in [0.29, 0.717) is 5.69 Å². The first kappa shape index (κ1) is 19.5. The van der Waals surface area contributed by atoms with Gasteiger partial charge in [-0.25, -0.2) is 0 Å². The number of aryl methyl sites for hydroxylation is 2. The van der Waals surface area contributed by atoms with Gasteiger partial charge < -0.3 is 10.2 Å². The molecule has 0 unspecified atom stereocenters. The molecule has 0 aliphatic carbocycles. The monoisotopic (exact) mass is 364 g/mol. The molecule has 0 heterocycles. The molecule has 1 N–H and O–H groups in total. The fourth-order valence-corrected chi connectivity index (χ4v) is 2.40. The van der Waals surface area contributed by atoms with Crippen LogP contribution in [0.5, 0.6) is 0 Å². The number of nitrogens with one attached hydrogen (secondary N) is 1. The molecule has 26 heavy (non-hydrogen) atoms. The largest absolute Gasteiger partial charge is 0.416 e. The average molecular weight is 364 g/mol. The zero-order chi connectivity index (χ0) is 19.5. The Balaban J connectivity index is 2.19. The van der Waals surface area contributed by atoms with E-state index < -0.39 is 23.6 Å². The minimum atomic E-state index is -4.53. The van der Waals surface area contributed by atoms with Crippen LogP contribution in [0.4, 0.5) is 24.5 Å². The Morgan fingerprint density at radius 1 is 1.04 bits per heavy atom. The van der Waals surface area contributed by atoms with Crippen molar-refractivity contribution in [1.82, 2.24) is 0 Å². The topological polar surface area (TPSA) is 49.4 Å². The molecule has 0 saturated heterocycles. The van der Waals surface area contributed by atoms with Gasteiger partial charge in [0.15, 0.2) is 0 Å². The van der Waals surface area contributed by atoms with Gasteiger partial charge in [-0.15, -0.1) is 0 Å². The van der Waals surface area contributed by atoms with E-state index in [0.717, 1.165) is 28.2 Å². The van der Waals surface area contributed by atoms with Crippen molar-refractivity contribution < 1.29 is 22.8 Å². The highest BCUT2D eigenvalue weighted by molar-refractivity contribution is 6.01. The lowest BCUT2D eigenvalue weighted by molar-refractivity contribution is -0.137. The summed E-state index contributed by atoms with van der Waals surface area (Å²) in [5.41, 5.74) is 1.76. The fourth-order valence-electron chi connectivity index (χ4n) is 2.40. The van der Waals surface area contributed by atoms with Crippen LogP contribution in [0, 0.1) is 13.8 Å². The van der Waals surface area contributed by atoms with Gasteiger partial charge >= 0.3 is 6.18 Å². The highest BCUT2D eigenvalue weighted by atomic mass is 19.4. The molecular formula is C19H19F3N2O2. The van der Waals surface area contributed by atoms with Gasteiger partial charge in [-0.2, -0.15) is 13.2 Å². The first-order valence-electron chi connectivity index (χ1n) is 7.90. The number of hydrogen-bond acceptors (Lipinski definition) is 2. The summed E-state index contributed by atoms with van der Waals surface area (Å²) in [6.07, 6.45) is -4.53. The van der Waals surface area contributed by atoms with Crippen molar-refractivity contribution in [2.75, 3.05) is 16.8 Å². The van der Waals surface area contributed by atoms with Crippen molar-refractivity contribution >= 4 is 23.2 Å². The molecule has 2 rings (SSSR count). The van der Waals surface area contributed by atoms with Gasteiger partial charge in [0.1, 0.15) is 6.54 Å². The zero-order valence-corrected chi connectivity index (χ0v) is 14.6. The van der Waals surface area contributed by atoms with E-state index in [1.807, 2.05) is 19.9 Å². The zero-order valence-electron chi connectivity index (χ0n) is 14.6. The molecule has 0 bridgehead atoms. The van der Waals surface area contributed by atoms with Crippen LogP contribution in [-0.4, -0.2) is 18.4 Å². The van der Waals surface area contributed by atoms with Crippen molar-refractivity contribution in [3.05, 3.63) is 59.2 Å². The van der Waals surface area contributed by atoms with Crippen LogP contribution < -0.4 is 10.2 Å². The molecule has 0 aliphatic rings. The van der Waals surface area contributed by atoms with Gasteiger partial charge in [-0.05, 0) is 55.3 Å².